The van der Waals surface area contributed by atoms with Crippen LogP contribution in [0.25, 0.3) is 0 Å². The molecule has 1 heterocycles. The predicted molar refractivity (Wildman–Crippen MR) is 126 cm³/mol. The molecule has 1 aliphatic rings. The molecule has 1 aliphatic heterocycles. The maximum atomic E-state index is 12.8. The molecule has 4 N–H and O–H groups in total. The van der Waals surface area contributed by atoms with E-state index in [9.17, 15) is 13.2 Å². The largest absolute Gasteiger partial charge is 0.495 e. The van der Waals surface area contributed by atoms with Crippen LogP contribution >= 0.6 is 12.2 Å². The van der Waals surface area contributed by atoms with Crippen molar-refractivity contribution in [3.05, 3.63) is 47.5 Å². The first-order chi connectivity index (χ1) is 15.5. The van der Waals surface area contributed by atoms with Crippen molar-refractivity contribution in [1.82, 2.24) is 20.9 Å². The Morgan fingerprint density at radius 2 is 1.82 bits per heavy atom. The summed E-state index contributed by atoms with van der Waals surface area (Å²) in [7, 11) is -2.57. The van der Waals surface area contributed by atoms with Crippen LogP contribution in [0, 0.1) is 0 Å². The number of carbonyl (C=O) groups is 1. The molecule has 0 saturated heterocycles. The Bertz CT molecular complexity index is 1160. The number of hydrogen-bond acceptors (Lipinski definition) is 7. The molecule has 0 saturated carbocycles. The van der Waals surface area contributed by atoms with Crippen LogP contribution in [0.1, 0.15) is 36.7 Å². The van der Waals surface area contributed by atoms with E-state index in [2.05, 4.69) is 20.9 Å². The third kappa shape index (κ3) is 6.46. The summed E-state index contributed by atoms with van der Waals surface area (Å²) in [5, 5.41) is 3.14. The van der Waals surface area contributed by atoms with Gasteiger partial charge in [-0.2, -0.15) is 0 Å². The van der Waals surface area contributed by atoms with E-state index in [0.29, 0.717) is 18.0 Å². The third-order valence-electron chi connectivity index (χ3n) is 4.34. The summed E-state index contributed by atoms with van der Waals surface area (Å²) in [4.78, 5) is 12.4. The van der Waals surface area contributed by atoms with E-state index in [1.807, 2.05) is 12.1 Å². The van der Waals surface area contributed by atoms with Crippen LogP contribution in [0.3, 0.4) is 0 Å². The van der Waals surface area contributed by atoms with Crippen molar-refractivity contribution in [2.24, 2.45) is 0 Å². The van der Waals surface area contributed by atoms with Crippen molar-refractivity contribution in [3.8, 4) is 17.2 Å². The maximum absolute atomic E-state index is 12.8. The van der Waals surface area contributed by atoms with Crippen LogP contribution < -0.4 is 35.1 Å². The summed E-state index contributed by atoms with van der Waals surface area (Å²) in [6.07, 6.45) is 0. The van der Waals surface area contributed by atoms with Gasteiger partial charge in [-0.25, -0.2) is 13.1 Å². The van der Waals surface area contributed by atoms with E-state index < -0.39 is 21.5 Å². The number of fused-ring (bicyclic) bond motifs is 1. The van der Waals surface area contributed by atoms with Crippen LogP contribution in [0.2, 0.25) is 0 Å². The highest BCUT2D eigenvalue weighted by Crippen LogP contribution is 2.32. The first-order valence-electron chi connectivity index (χ1n) is 9.93. The highest BCUT2D eigenvalue weighted by molar-refractivity contribution is 7.89. The molecule has 0 fully saturated rings. The Balaban J connectivity index is 1.61. The van der Waals surface area contributed by atoms with Gasteiger partial charge in [0.2, 0.25) is 16.8 Å². The van der Waals surface area contributed by atoms with Crippen LogP contribution in [-0.2, 0) is 16.6 Å². The molecule has 2 aromatic carbocycles. The van der Waals surface area contributed by atoms with Crippen molar-refractivity contribution in [1.29, 1.82) is 0 Å². The average Bonchev–Trinajstić information content (AvgIpc) is 3.21. The Hall–Kier alpha value is -3.09. The van der Waals surface area contributed by atoms with Crippen LogP contribution in [0.15, 0.2) is 41.3 Å². The van der Waals surface area contributed by atoms with Crippen LogP contribution in [0.4, 0.5) is 0 Å². The fourth-order valence-electron chi connectivity index (χ4n) is 2.95. The number of methoxy groups -OCH3 is 1. The molecule has 12 heteroatoms. The molecule has 3 rings (SSSR count). The standard InChI is InChI=1S/C21H26N4O6S2/c1-21(2,3)25-33(27,28)18-10-14(6-8-16(18)29-4)19(26)23-24-20(32)22-11-13-5-7-15-17(9-13)31-12-30-15/h5-10,25H,11-12H2,1-4H3,(H,23,26)(H2,22,24,32). The summed E-state index contributed by atoms with van der Waals surface area (Å²) in [5.74, 6) is 0.896. The predicted octanol–water partition coefficient (Wildman–Crippen LogP) is 1.81. The molecule has 0 unspecified atom stereocenters. The fourth-order valence-corrected chi connectivity index (χ4v) is 4.69. The number of benzene rings is 2. The molecule has 33 heavy (non-hydrogen) atoms. The molecule has 0 radical (unpaired) electrons. The molecule has 0 aromatic heterocycles. The van der Waals surface area contributed by atoms with Crippen molar-refractivity contribution >= 4 is 33.3 Å². The Kier molecular flexibility index (Phi) is 7.30. The lowest BCUT2D eigenvalue weighted by atomic mass is 10.1. The Morgan fingerprint density at radius 3 is 2.52 bits per heavy atom. The number of rotatable bonds is 6. The second-order valence-corrected chi connectivity index (χ2v) is 10.2. The lowest BCUT2D eigenvalue weighted by molar-refractivity contribution is 0.0943. The van der Waals surface area contributed by atoms with Gasteiger partial charge < -0.3 is 19.5 Å². The topological polar surface area (TPSA) is 127 Å². The summed E-state index contributed by atoms with van der Waals surface area (Å²) >= 11 is 5.19. The van der Waals surface area contributed by atoms with Crippen LogP contribution in [0.5, 0.6) is 17.2 Å². The van der Waals surface area contributed by atoms with Gasteiger partial charge in [-0.15, -0.1) is 0 Å². The van der Waals surface area contributed by atoms with Crippen molar-refractivity contribution in [2.45, 2.75) is 37.8 Å². The Morgan fingerprint density at radius 1 is 1.09 bits per heavy atom. The molecule has 0 atom stereocenters. The van der Waals surface area contributed by atoms with Gasteiger partial charge in [0.15, 0.2) is 16.6 Å². The highest BCUT2D eigenvalue weighted by Gasteiger charge is 2.26. The minimum atomic E-state index is -3.92. The highest BCUT2D eigenvalue weighted by atomic mass is 32.2. The van der Waals surface area contributed by atoms with E-state index >= 15 is 0 Å². The zero-order chi connectivity index (χ0) is 24.2. The van der Waals surface area contributed by atoms with Crippen LogP contribution in [-0.4, -0.2) is 38.9 Å². The van der Waals surface area contributed by atoms with Gasteiger partial charge in [-0.05, 0) is 68.9 Å². The summed E-state index contributed by atoms with van der Waals surface area (Å²) in [6, 6.07) is 9.62. The Labute approximate surface area is 198 Å². The van der Waals surface area contributed by atoms with E-state index in [1.165, 1.54) is 25.3 Å². The maximum Gasteiger partial charge on any atom is 0.269 e. The van der Waals surface area contributed by atoms with Gasteiger partial charge in [-0.1, -0.05) is 6.07 Å². The SMILES string of the molecule is COc1ccc(C(=O)NNC(=S)NCc2ccc3c(c2)OCO3)cc1S(=O)(=O)NC(C)(C)C. The van der Waals surface area contributed by atoms with Crippen molar-refractivity contribution in [3.63, 3.8) is 0 Å². The molecule has 178 valence electrons. The number of hydrazine groups is 1. The summed E-state index contributed by atoms with van der Waals surface area (Å²) < 4.78 is 43.9. The van der Waals surface area contributed by atoms with Gasteiger partial charge in [0.25, 0.3) is 5.91 Å². The van der Waals surface area contributed by atoms with E-state index in [-0.39, 0.29) is 28.1 Å². The minimum Gasteiger partial charge on any atom is -0.495 e. The number of hydrogen-bond donors (Lipinski definition) is 4. The first-order valence-corrected chi connectivity index (χ1v) is 11.8. The fraction of sp³-hybridized carbons (Fsp3) is 0.333. The monoisotopic (exact) mass is 494 g/mol. The average molecular weight is 495 g/mol. The molecule has 2 aromatic rings. The summed E-state index contributed by atoms with van der Waals surface area (Å²) in [5.41, 5.74) is 5.35. The normalized spacial score (nSPS) is 12.7. The quantitative estimate of drug-likeness (QED) is 0.351. The van der Waals surface area contributed by atoms with E-state index in [4.69, 9.17) is 26.4 Å². The number of ether oxygens (including phenoxy) is 3. The van der Waals surface area contributed by atoms with E-state index in [1.54, 1.807) is 26.8 Å². The number of carbonyl (C=O) groups excluding carboxylic acids is 1. The summed E-state index contributed by atoms with van der Waals surface area (Å²) in [6.45, 7) is 5.74. The van der Waals surface area contributed by atoms with Gasteiger partial charge in [0.05, 0.1) is 7.11 Å². The van der Waals surface area contributed by atoms with Gasteiger partial charge in [0.1, 0.15) is 10.6 Å². The number of sulfonamides is 1. The lowest BCUT2D eigenvalue weighted by Crippen LogP contribution is -2.46. The number of thiocarbonyl (C=S) groups is 1. The molecule has 1 amide bonds. The third-order valence-corrected chi connectivity index (χ3v) is 6.36. The smallest absolute Gasteiger partial charge is 0.269 e. The molecule has 0 bridgehead atoms. The molecule has 10 nitrogen and oxygen atoms in total. The van der Waals surface area contributed by atoms with Gasteiger partial charge in [-0.3, -0.25) is 15.6 Å². The molecule has 0 spiro atoms. The molecule has 0 aliphatic carbocycles. The minimum absolute atomic E-state index is 0.108. The zero-order valence-electron chi connectivity index (χ0n) is 18.6. The van der Waals surface area contributed by atoms with E-state index in [0.717, 1.165) is 5.56 Å². The van der Waals surface area contributed by atoms with Gasteiger partial charge >= 0.3 is 0 Å². The van der Waals surface area contributed by atoms with Crippen molar-refractivity contribution < 1.29 is 27.4 Å². The molecular weight excluding hydrogens is 468 g/mol. The number of amides is 1. The second-order valence-electron chi connectivity index (χ2n) is 8.17. The zero-order valence-corrected chi connectivity index (χ0v) is 20.3. The first kappa shape index (κ1) is 24.6. The second kappa shape index (κ2) is 9.81. The van der Waals surface area contributed by atoms with Crippen molar-refractivity contribution in [2.75, 3.05) is 13.9 Å². The molecular formula is C21H26N4O6S2. The number of nitrogens with one attached hydrogen (secondary N) is 4. The van der Waals surface area contributed by atoms with Gasteiger partial charge in [0, 0.05) is 17.6 Å². The lowest BCUT2D eigenvalue weighted by Gasteiger charge is -2.21.